The molecule has 1 aliphatic rings. The lowest BCUT2D eigenvalue weighted by molar-refractivity contribution is 0.0600. The fourth-order valence-electron chi connectivity index (χ4n) is 2.79. The van der Waals surface area contributed by atoms with Crippen molar-refractivity contribution in [3.05, 3.63) is 53.6 Å². The lowest BCUT2D eigenvalue weighted by Gasteiger charge is -2.24. The fourth-order valence-corrected chi connectivity index (χ4v) is 2.79. The zero-order chi connectivity index (χ0) is 15.7. The molecule has 1 heterocycles. The highest BCUT2D eigenvalue weighted by molar-refractivity contribution is 5.93. The molecular weight excluding hydrogens is 280 g/mol. The van der Waals surface area contributed by atoms with Crippen molar-refractivity contribution in [3.63, 3.8) is 0 Å². The SMILES string of the molecule is CCN1c2ccc(C(=O)OC)cc2NC(O)c2ccccc21. The number of carbonyl (C=O) groups is 1. The van der Waals surface area contributed by atoms with Crippen molar-refractivity contribution in [2.75, 3.05) is 23.9 Å². The van der Waals surface area contributed by atoms with Crippen LogP contribution in [0.25, 0.3) is 0 Å². The maximum Gasteiger partial charge on any atom is 0.337 e. The Morgan fingerprint density at radius 2 is 2.05 bits per heavy atom. The van der Waals surface area contributed by atoms with Gasteiger partial charge in [0.1, 0.15) is 0 Å². The Labute approximate surface area is 129 Å². The van der Waals surface area contributed by atoms with Gasteiger partial charge in [0.15, 0.2) is 6.23 Å². The minimum atomic E-state index is -0.834. The normalized spacial score (nSPS) is 16.1. The number of ether oxygens (including phenoxy) is 1. The summed E-state index contributed by atoms with van der Waals surface area (Å²) in [5.41, 5.74) is 3.82. The van der Waals surface area contributed by atoms with Crippen LogP contribution in [0.15, 0.2) is 42.5 Å². The van der Waals surface area contributed by atoms with Crippen molar-refractivity contribution in [1.82, 2.24) is 0 Å². The van der Waals surface area contributed by atoms with Crippen molar-refractivity contribution in [1.29, 1.82) is 0 Å². The van der Waals surface area contributed by atoms with E-state index in [0.717, 1.165) is 23.5 Å². The van der Waals surface area contributed by atoms with Crippen LogP contribution in [0.3, 0.4) is 0 Å². The fraction of sp³-hybridized carbons (Fsp3) is 0.235. The maximum absolute atomic E-state index is 11.7. The molecule has 22 heavy (non-hydrogen) atoms. The number of methoxy groups -OCH3 is 1. The van der Waals surface area contributed by atoms with Gasteiger partial charge in [-0.25, -0.2) is 4.79 Å². The van der Waals surface area contributed by atoms with Crippen LogP contribution < -0.4 is 10.2 Å². The van der Waals surface area contributed by atoms with Crippen LogP contribution in [-0.4, -0.2) is 24.7 Å². The summed E-state index contributed by atoms with van der Waals surface area (Å²) in [5.74, 6) is -0.399. The number of nitrogens with one attached hydrogen (secondary N) is 1. The Bertz CT molecular complexity index is 715. The minimum Gasteiger partial charge on any atom is -0.465 e. The number of anilines is 3. The van der Waals surface area contributed by atoms with Gasteiger partial charge < -0.3 is 20.1 Å². The predicted molar refractivity (Wildman–Crippen MR) is 85.5 cm³/mol. The molecule has 5 heteroatoms. The molecule has 2 N–H and O–H groups in total. The molecule has 0 saturated heterocycles. The van der Waals surface area contributed by atoms with Crippen molar-refractivity contribution in [3.8, 4) is 0 Å². The monoisotopic (exact) mass is 298 g/mol. The molecule has 2 aromatic carbocycles. The minimum absolute atomic E-state index is 0.399. The van der Waals surface area contributed by atoms with Crippen LogP contribution in [0, 0.1) is 0 Å². The van der Waals surface area contributed by atoms with Crippen LogP contribution in [0.2, 0.25) is 0 Å². The van der Waals surface area contributed by atoms with E-state index in [1.165, 1.54) is 7.11 Å². The van der Waals surface area contributed by atoms with E-state index in [4.69, 9.17) is 4.74 Å². The Balaban J connectivity index is 2.15. The maximum atomic E-state index is 11.7. The van der Waals surface area contributed by atoms with Crippen molar-refractivity contribution < 1.29 is 14.6 Å². The molecule has 114 valence electrons. The number of para-hydroxylation sites is 1. The topological polar surface area (TPSA) is 61.8 Å². The smallest absolute Gasteiger partial charge is 0.337 e. The third-order valence-corrected chi connectivity index (χ3v) is 3.84. The second-order valence-electron chi connectivity index (χ2n) is 5.07. The summed E-state index contributed by atoms with van der Waals surface area (Å²) in [7, 11) is 1.35. The van der Waals surface area contributed by atoms with Gasteiger partial charge >= 0.3 is 5.97 Å². The lowest BCUT2D eigenvalue weighted by atomic mass is 10.1. The van der Waals surface area contributed by atoms with Gasteiger partial charge in [-0.3, -0.25) is 0 Å². The molecular formula is C17H18N2O3. The molecule has 1 unspecified atom stereocenters. The first kappa shape index (κ1) is 14.4. The number of aliphatic hydroxyl groups is 1. The van der Waals surface area contributed by atoms with Crippen molar-refractivity contribution >= 4 is 23.0 Å². The first-order valence-corrected chi connectivity index (χ1v) is 7.19. The number of carbonyl (C=O) groups excluding carboxylic acids is 1. The van der Waals surface area contributed by atoms with Gasteiger partial charge in [-0.05, 0) is 31.2 Å². The van der Waals surface area contributed by atoms with Crippen LogP contribution in [0.4, 0.5) is 17.1 Å². The first-order valence-electron chi connectivity index (χ1n) is 7.19. The van der Waals surface area contributed by atoms with Gasteiger partial charge in [0, 0.05) is 17.8 Å². The van der Waals surface area contributed by atoms with E-state index in [2.05, 4.69) is 10.2 Å². The quantitative estimate of drug-likeness (QED) is 0.834. The first-order chi connectivity index (χ1) is 10.7. The van der Waals surface area contributed by atoms with Crippen LogP contribution in [0.5, 0.6) is 0 Å². The van der Waals surface area contributed by atoms with Gasteiger partial charge in [0.2, 0.25) is 0 Å². The number of hydrogen-bond donors (Lipinski definition) is 2. The number of fused-ring (bicyclic) bond motifs is 2. The Morgan fingerprint density at radius 1 is 1.27 bits per heavy atom. The second-order valence-corrected chi connectivity index (χ2v) is 5.07. The summed E-state index contributed by atoms with van der Waals surface area (Å²) in [6.45, 7) is 2.79. The highest BCUT2D eigenvalue weighted by Gasteiger charge is 2.24. The van der Waals surface area contributed by atoms with Crippen LogP contribution in [-0.2, 0) is 4.74 Å². The van der Waals surface area contributed by atoms with E-state index >= 15 is 0 Å². The highest BCUT2D eigenvalue weighted by Crippen LogP contribution is 2.41. The Hall–Kier alpha value is -2.53. The van der Waals surface area contributed by atoms with Crippen LogP contribution >= 0.6 is 0 Å². The molecule has 0 amide bonds. The summed E-state index contributed by atoms with van der Waals surface area (Å²) in [6, 6.07) is 13.0. The summed E-state index contributed by atoms with van der Waals surface area (Å²) in [5, 5.41) is 13.5. The van der Waals surface area contributed by atoms with Gasteiger partial charge in [0.25, 0.3) is 0 Å². The summed E-state index contributed by atoms with van der Waals surface area (Å²) in [6.07, 6.45) is -0.834. The van der Waals surface area contributed by atoms with E-state index in [9.17, 15) is 9.90 Å². The second kappa shape index (κ2) is 5.69. The zero-order valence-electron chi connectivity index (χ0n) is 12.5. The third-order valence-electron chi connectivity index (χ3n) is 3.84. The van der Waals surface area contributed by atoms with E-state index in [1.807, 2.05) is 37.3 Å². The molecule has 0 fully saturated rings. The molecule has 1 atom stereocenters. The number of aliphatic hydroxyl groups excluding tert-OH is 1. The van der Waals surface area contributed by atoms with E-state index in [-0.39, 0.29) is 0 Å². The highest BCUT2D eigenvalue weighted by atomic mass is 16.5. The predicted octanol–water partition coefficient (Wildman–Crippen LogP) is 3.05. The molecule has 3 rings (SSSR count). The van der Waals surface area contributed by atoms with E-state index in [0.29, 0.717) is 11.3 Å². The molecule has 5 nitrogen and oxygen atoms in total. The Morgan fingerprint density at radius 3 is 2.77 bits per heavy atom. The average molecular weight is 298 g/mol. The van der Waals surface area contributed by atoms with Crippen molar-refractivity contribution in [2.45, 2.75) is 13.2 Å². The molecule has 0 saturated carbocycles. The van der Waals surface area contributed by atoms with Gasteiger partial charge in [-0.15, -0.1) is 0 Å². The number of benzene rings is 2. The molecule has 0 spiro atoms. The number of rotatable bonds is 2. The zero-order valence-corrected chi connectivity index (χ0v) is 12.5. The third kappa shape index (κ3) is 2.29. The summed E-state index contributed by atoms with van der Waals surface area (Å²) >= 11 is 0. The summed E-state index contributed by atoms with van der Waals surface area (Å²) in [4.78, 5) is 13.8. The molecule has 0 radical (unpaired) electrons. The largest absolute Gasteiger partial charge is 0.465 e. The van der Waals surface area contributed by atoms with Gasteiger partial charge in [0.05, 0.1) is 24.0 Å². The number of hydrogen-bond acceptors (Lipinski definition) is 5. The molecule has 0 bridgehead atoms. The number of esters is 1. The molecule has 2 aromatic rings. The van der Waals surface area contributed by atoms with E-state index < -0.39 is 12.2 Å². The average Bonchev–Trinajstić information content (AvgIpc) is 2.67. The van der Waals surface area contributed by atoms with E-state index in [1.54, 1.807) is 12.1 Å². The van der Waals surface area contributed by atoms with Gasteiger partial charge in [-0.1, -0.05) is 18.2 Å². The van der Waals surface area contributed by atoms with Crippen molar-refractivity contribution in [2.24, 2.45) is 0 Å². The standard InChI is InChI=1S/C17H18N2O3/c1-3-19-14-7-5-4-6-12(14)16(20)18-13-10-11(17(21)22-2)8-9-15(13)19/h4-10,16,18,20H,3H2,1-2H3. The van der Waals surface area contributed by atoms with Gasteiger partial charge in [-0.2, -0.15) is 0 Å². The summed E-state index contributed by atoms with van der Waals surface area (Å²) < 4.78 is 4.76. The molecule has 0 aromatic heterocycles. The number of nitrogens with zero attached hydrogens (tertiary/aromatic N) is 1. The Kier molecular flexibility index (Phi) is 3.73. The molecule has 0 aliphatic carbocycles. The lowest BCUT2D eigenvalue weighted by Crippen LogP contribution is -2.17. The van der Waals surface area contributed by atoms with Crippen LogP contribution in [0.1, 0.15) is 29.1 Å². The molecule has 1 aliphatic heterocycles.